The van der Waals surface area contributed by atoms with Crippen LogP contribution in [-0.2, 0) is 11.3 Å². The SMILES string of the molecule is C=N/C=C(\C=C\Cl)/C=C/CC(/C=C(\CC)C(=O)NCc1c(C)cc(N)nc1C)=NCC(C)(C)O. The van der Waals surface area contributed by atoms with E-state index in [1.54, 1.807) is 38.3 Å². The highest BCUT2D eigenvalue weighted by Gasteiger charge is 2.14. The van der Waals surface area contributed by atoms with Crippen molar-refractivity contribution in [3.8, 4) is 0 Å². The Bertz CT molecular complexity index is 992. The molecule has 0 saturated carbocycles. The molecule has 0 aliphatic heterocycles. The van der Waals surface area contributed by atoms with Crippen LogP contribution >= 0.6 is 11.6 Å². The van der Waals surface area contributed by atoms with Crippen LogP contribution in [0.25, 0.3) is 0 Å². The maximum absolute atomic E-state index is 12.9. The first-order valence-corrected chi connectivity index (χ1v) is 11.5. The fraction of sp³-hybridized carbons (Fsp3) is 0.385. The van der Waals surface area contributed by atoms with Gasteiger partial charge in [0, 0.05) is 41.7 Å². The molecule has 1 aromatic heterocycles. The predicted molar refractivity (Wildman–Crippen MR) is 143 cm³/mol. The Morgan fingerprint density at radius 2 is 2.06 bits per heavy atom. The molecule has 34 heavy (non-hydrogen) atoms. The number of aryl methyl sites for hydroxylation is 2. The Labute approximate surface area is 207 Å². The Hall–Kier alpha value is -3.03. The maximum atomic E-state index is 12.9. The van der Waals surface area contributed by atoms with Gasteiger partial charge >= 0.3 is 0 Å². The molecule has 184 valence electrons. The normalized spacial score (nSPS) is 13.7. The monoisotopic (exact) mass is 485 g/mol. The number of aliphatic hydroxyl groups is 1. The van der Waals surface area contributed by atoms with Gasteiger partial charge in [0.15, 0.2) is 0 Å². The number of hydrogen-bond donors (Lipinski definition) is 3. The summed E-state index contributed by atoms with van der Waals surface area (Å²) in [5, 5.41) is 13.1. The van der Waals surface area contributed by atoms with Gasteiger partial charge < -0.3 is 16.2 Å². The number of hydrogen-bond acceptors (Lipinski definition) is 6. The molecule has 0 bridgehead atoms. The zero-order valence-electron chi connectivity index (χ0n) is 20.7. The van der Waals surface area contributed by atoms with Gasteiger partial charge in [0.25, 0.3) is 0 Å². The molecule has 0 aliphatic carbocycles. The number of aliphatic imine (C=N–C) groups is 2. The number of nitrogens with zero attached hydrogens (tertiary/aromatic N) is 3. The fourth-order valence-corrected chi connectivity index (χ4v) is 3.21. The van der Waals surface area contributed by atoms with Crippen molar-refractivity contribution in [2.75, 3.05) is 12.3 Å². The number of allylic oxidation sites excluding steroid dienone is 5. The van der Waals surface area contributed by atoms with E-state index in [4.69, 9.17) is 17.3 Å². The van der Waals surface area contributed by atoms with Crippen molar-refractivity contribution in [2.24, 2.45) is 9.98 Å². The van der Waals surface area contributed by atoms with Crippen molar-refractivity contribution in [3.05, 3.63) is 70.1 Å². The number of nitrogens with two attached hydrogens (primary N) is 1. The topological polar surface area (TPSA) is 113 Å². The summed E-state index contributed by atoms with van der Waals surface area (Å²) in [5.74, 6) is 0.280. The molecule has 0 unspecified atom stereocenters. The van der Waals surface area contributed by atoms with Crippen LogP contribution in [0.1, 0.15) is 50.4 Å². The number of pyridine rings is 1. The van der Waals surface area contributed by atoms with Gasteiger partial charge in [-0.25, -0.2) is 4.98 Å². The van der Waals surface area contributed by atoms with Gasteiger partial charge in [0.1, 0.15) is 5.82 Å². The first kappa shape index (κ1) is 29.0. The van der Waals surface area contributed by atoms with Gasteiger partial charge in [-0.3, -0.25) is 14.8 Å². The van der Waals surface area contributed by atoms with Crippen LogP contribution < -0.4 is 11.1 Å². The zero-order valence-corrected chi connectivity index (χ0v) is 21.5. The number of nitrogens with one attached hydrogen (secondary N) is 1. The largest absolute Gasteiger partial charge is 0.389 e. The summed E-state index contributed by atoms with van der Waals surface area (Å²) >= 11 is 5.66. The van der Waals surface area contributed by atoms with Crippen LogP contribution in [0, 0.1) is 13.8 Å². The van der Waals surface area contributed by atoms with E-state index >= 15 is 0 Å². The number of aromatic nitrogens is 1. The van der Waals surface area contributed by atoms with Gasteiger partial charge in [-0.1, -0.05) is 30.7 Å². The second-order valence-electron chi connectivity index (χ2n) is 8.46. The Balaban J connectivity index is 3.10. The molecule has 1 amide bonds. The van der Waals surface area contributed by atoms with Crippen LogP contribution in [0.15, 0.2) is 63.2 Å². The van der Waals surface area contributed by atoms with E-state index in [0.717, 1.165) is 22.4 Å². The van der Waals surface area contributed by atoms with Gasteiger partial charge in [0.05, 0.1) is 12.1 Å². The number of rotatable bonds is 12. The van der Waals surface area contributed by atoms with E-state index in [2.05, 4.69) is 27.0 Å². The minimum Gasteiger partial charge on any atom is -0.389 e. The molecule has 1 heterocycles. The molecule has 4 N–H and O–H groups in total. The summed E-state index contributed by atoms with van der Waals surface area (Å²) in [5.41, 5.74) is 11.0. The van der Waals surface area contributed by atoms with Crippen molar-refractivity contribution >= 4 is 35.8 Å². The molecule has 0 aliphatic rings. The van der Waals surface area contributed by atoms with E-state index in [9.17, 15) is 9.90 Å². The molecule has 0 radical (unpaired) electrons. The Kier molecular flexibility index (Phi) is 12.2. The van der Waals surface area contributed by atoms with E-state index in [1.165, 1.54) is 5.54 Å². The second-order valence-corrected chi connectivity index (χ2v) is 8.72. The third-order valence-electron chi connectivity index (χ3n) is 4.82. The molecule has 0 fully saturated rings. The quantitative estimate of drug-likeness (QED) is 0.225. The highest BCUT2D eigenvalue weighted by atomic mass is 35.5. The molecule has 0 spiro atoms. The highest BCUT2D eigenvalue weighted by molar-refractivity contribution is 6.25. The van der Waals surface area contributed by atoms with Crippen LogP contribution in [0.5, 0.6) is 0 Å². The van der Waals surface area contributed by atoms with Crippen molar-refractivity contribution in [2.45, 2.75) is 59.6 Å². The minimum absolute atomic E-state index is 0.181. The molecule has 0 aromatic carbocycles. The number of nitrogen functional groups attached to an aromatic ring is 1. The van der Waals surface area contributed by atoms with E-state index in [1.807, 2.05) is 32.9 Å². The third kappa shape index (κ3) is 10.7. The van der Waals surface area contributed by atoms with Gasteiger partial charge in [-0.2, -0.15) is 0 Å². The minimum atomic E-state index is -0.964. The average molecular weight is 486 g/mol. The van der Waals surface area contributed by atoms with Crippen molar-refractivity contribution in [1.29, 1.82) is 0 Å². The fourth-order valence-electron chi connectivity index (χ4n) is 3.07. The first-order chi connectivity index (χ1) is 16.0. The van der Waals surface area contributed by atoms with E-state index < -0.39 is 5.60 Å². The lowest BCUT2D eigenvalue weighted by molar-refractivity contribution is -0.117. The molecular formula is C26H36ClN5O2. The van der Waals surface area contributed by atoms with Gasteiger partial charge in [-0.15, -0.1) is 0 Å². The zero-order chi connectivity index (χ0) is 25.7. The van der Waals surface area contributed by atoms with E-state index in [-0.39, 0.29) is 12.5 Å². The predicted octanol–water partition coefficient (Wildman–Crippen LogP) is 4.73. The van der Waals surface area contributed by atoms with Crippen LogP contribution in [0.2, 0.25) is 0 Å². The summed E-state index contributed by atoms with van der Waals surface area (Å²) in [6.07, 6.45) is 9.76. The summed E-state index contributed by atoms with van der Waals surface area (Å²) in [4.78, 5) is 25.5. The summed E-state index contributed by atoms with van der Waals surface area (Å²) in [6, 6.07) is 1.79. The van der Waals surface area contributed by atoms with Crippen molar-refractivity contribution in [3.63, 3.8) is 0 Å². The molecule has 0 atom stereocenters. The Morgan fingerprint density at radius 3 is 2.62 bits per heavy atom. The molecule has 0 saturated heterocycles. The Morgan fingerprint density at radius 1 is 1.35 bits per heavy atom. The molecular weight excluding hydrogens is 450 g/mol. The lowest BCUT2D eigenvalue weighted by Crippen LogP contribution is -2.26. The number of amides is 1. The van der Waals surface area contributed by atoms with Crippen molar-refractivity contribution < 1.29 is 9.90 Å². The summed E-state index contributed by atoms with van der Waals surface area (Å²) in [6.45, 7) is 13.1. The second kappa shape index (κ2) is 14.3. The van der Waals surface area contributed by atoms with Crippen molar-refractivity contribution in [1.82, 2.24) is 10.3 Å². The third-order valence-corrected chi connectivity index (χ3v) is 4.94. The number of anilines is 1. The number of carbonyl (C=O) groups excluding carboxylic acids is 1. The number of halogens is 1. The summed E-state index contributed by atoms with van der Waals surface area (Å²) in [7, 11) is 0. The van der Waals surface area contributed by atoms with Gasteiger partial charge in [-0.05, 0) is 75.8 Å². The first-order valence-electron chi connectivity index (χ1n) is 11.1. The lowest BCUT2D eigenvalue weighted by atomic mass is 10.1. The lowest BCUT2D eigenvalue weighted by Gasteiger charge is -2.15. The average Bonchev–Trinajstić information content (AvgIpc) is 2.74. The number of carbonyl (C=O) groups is 1. The molecule has 1 aromatic rings. The maximum Gasteiger partial charge on any atom is 0.247 e. The van der Waals surface area contributed by atoms with Crippen LogP contribution in [0.3, 0.4) is 0 Å². The molecule has 1 rings (SSSR count). The van der Waals surface area contributed by atoms with E-state index in [0.29, 0.717) is 36.5 Å². The standard InChI is InChI=1S/C26H36ClN5O2/c1-7-21(25(33)30-16-23-18(2)13-24(28)32-19(23)3)14-22(31-17-26(4,5)34)10-8-9-20(11-12-27)15-29-6/h8-9,11-15,34H,6-7,10,16-17H2,1-5H3,(H2,28,32)(H,30,33)/b9-8+,12-11+,20-15-,21-14+,31-22?. The highest BCUT2D eigenvalue weighted by Crippen LogP contribution is 2.15. The molecule has 7 nitrogen and oxygen atoms in total. The van der Waals surface area contributed by atoms with Crippen LogP contribution in [0.4, 0.5) is 5.82 Å². The smallest absolute Gasteiger partial charge is 0.247 e. The summed E-state index contributed by atoms with van der Waals surface area (Å²) < 4.78 is 0. The van der Waals surface area contributed by atoms with Crippen LogP contribution in [-0.4, -0.2) is 40.6 Å². The molecule has 8 heteroatoms. The van der Waals surface area contributed by atoms with Gasteiger partial charge in [0.2, 0.25) is 5.91 Å².